The Bertz CT molecular complexity index is 1090. The normalized spacial score (nSPS) is 15.1. The number of anilines is 1. The first-order chi connectivity index (χ1) is 14.9. The fourth-order valence-electron chi connectivity index (χ4n) is 3.68. The van der Waals surface area contributed by atoms with E-state index in [-0.39, 0.29) is 17.2 Å². The molecule has 4 rings (SSSR count). The molecule has 0 atom stereocenters. The van der Waals surface area contributed by atoms with Gasteiger partial charge in [0.15, 0.2) is 0 Å². The molecule has 0 saturated carbocycles. The molecular weight excluding hydrogens is 409 g/mol. The number of carbonyl (C=O) groups excluding carboxylic acids is 1. The third-order valence-electron chi connectivity index (χ3n) is 5.26. The SMILES string of the molecule is COc1ccc(C(=O)N2CCCN(c3nc(C(F)(F)F)nc4ccccc34)CC2)cc1. The Labute approximate surface area is 177 Å². The summed E-state index contributed by atoms with van der Waals surface area (Å²) in [5, 5.41) is 0.561. The Hall–Kier alpha value is -3.36. The number of hydrogen-bond donors (Lipinski definition) is 0. The van der Waals surface area contributed by atoms with Crippen molar-refractivity contribution < 1.29 is 22.7 Å². The molecule has 1 aromatic heterocycles. The van der Waals surface area contributed by atoms with Gasteiger partial charge in [0.05, 0.1) is 12.6 Å². The molecule has 2 aromatic carbocycles. The van der Waals surface area contributed by atoms with Crippen molar-refractivity contribution in [3.05, 3.63) is 59.9 Å². The number of nitrogens with zero attached hydrogens (tertiary/aromatic N) is 4. The molecule has 2 heterocycles. The van der Waals surface area contributed by atoms with Crippen molar-refractivity contribution in [3.63, 3.8) is 0 Å². The maximum atomic E-state index is 13.3. The van der Waals surface area contributed by atoms with E-state index in [1.54, 1.807) is 65.4 Å². The number of carbonyl (C=O) groups is 1. The largest absolute Gasteiger partial charge is 0.497 e. The summed E-state index contributed by atoms with van der Waals surface area (Å²) in [6.07, 6.45) is -4.03. The van der Waals surface area contributed by atoms with Crippen molar-refractivity contribution in [1.29, 1.82) is 0 Å². The van der Waals surface area contributed by atoms with E-state index in [0.29, 0.717) is 49.3 Å². The summed E-state index contributed by atoms with van der Waals surface area (Å²) in [5.74, 6) is -0.365. The van der Waals surface area contributed by atoms with Crippen LogP contribution in [0.25, 0.3) is 10.9 Å². The van der Waals surface area contributed by atoms with Gasteiger partial charge in [-0.3, -0.25) is 4.79 Å². The Morgan fingerprint density at radius 3 is 2.42 bits per heavy atom. The van der Waals surface area contributed by atoms with Crippen LogP contribution in [-0.4, -0.2) is 54.1 Å². The first kappa shape index (κ1) is 20.9. The summed E-state index contributed by atoms with van der Waals surface area (Å²) in [6.45, 7) is 1.76. The van der Waals surface area contributed by atoms with E-state index in [9.17, 15) is 18.0 Å². The topological polar surface area (TPSA) is 58.6 Å². The van der Waals surface area contributed by atoms with Crippen LogP contribution in [-0.2, 0) is 6.18 Å². The Balaban J connectivity index is 1.58. The summed E-state index contributed by atoms with van der Waals surface area (Å²) >= 11 is 0. The number of ether oxygens (including phenoxy) is 1. The van der Waals surface area contributed by atoms with Gasteiger partial charge in [0.1, 0.15) is 11.6 Å². The molecule has 1 aliphatic heterocycles. The molecule has 0 spiro atoms. The van der Waals surface area contributed by atoms with Gasteiger partial charge in [0.2, 0.25) is 5.82 Å². The average Bonchev–Trinajstić information content (AvgIpc) is 3.03. The van der Waals surface area contributed by atoms with Gasteiger partial charge in [-0.2, -0.15) is 13.2 Å². The van der Waals surface area contributed by atoms with E-state index in [0.717, 1.165) is 0 Å². The Kier molecular flexibility index (Phi) is 5.67. The third-order valence-corrected chi connectivity index (χ3v) is 5.26. The quantitative estimate of drug-likeness (QED) is 0.629. The molecule has 9 heteroatoms. The summed E-state index contributed by atoms with van der Waals surface area (Å²) < 4.78 is 45.2. The summed E-state index contributed by atoms with van der Waals surface area (Å²) in [4.78, 5) is 24.0. The molecule has 0 bridgehead atoms. The lowest BCUT2D eigenvalue weighted by atomic mass is 10.2. The van der Waals surface area contributed by atoms with Crippen molar-refractivity contribution in [2.45, 2.75) is 12.6 Å². The minimum Gasteiger partial charge on any atom is -0.497 e. The molecule has 162 valence electrons. The van der Waals surface area contributed by atoms with Gasteiger partial charge < -0.3 is 14.5 Å². The number of para-hydroxylation sites is 1. The summed E-state index contributed by atoms with van der Waals surface area (Å²) in [5.41, 5.74) is 0.788. The number of hydrogen-bond acceptors (Lipinski definition) is 5. The van der Waals surface area contributed by atoms with Crippen LogP contribution >= 0.6 is 0 Å². The van der Waals surface area contributed by atoms with Crippen LogP contribution in [0.15, 0.2) is 48.5 Å². The number of alkyl halides is 3. The van der Waals surface area contributed by atoms with Gasteiger partial charge in [-0.05, 0) is 42.8 Å². The molecule has 0 unspecified atom stereocenters. The van der Waals surface area contributed by atoms with E-state index in [1.807, 2.05) is 0 Å². The molecule has 1 saturated heterocycles. The fourth-order valence-corrected chi connectivity index (χ4v) is 3.68. The predicted molar refractivity (Wildman–Crippen MR) is 110 cm³/mol. The second kappa shape index (κ2) is 8.41. The minimum atomic E-state index is -4.64. The second-order valence-electron chi connectivity index (χ2n) is 7.25. The van der Waals surface area contributed by atoms with Crippen LogP contribution in [0.1, 0.15) is 22.6 Å². The third kappa shape index (κ3) is 4.40. The molecule has 6 nitrogen and oxygen atoms in total. The lowest BCUT2D eigenvalue weighted by molar-refractivity contribution is -0.144. The monoisotopic (exact) mass is 430 g/mol. The molecular formula is C22H21F3N4O2. The maximum absolute atomic E-state index is 13.3. The highest BCUT2D eigenvalue weighted by Crippen LogP contribution is 2.32. The van der Waals surface area contributed by atoms with E-state index < -0.39 is 12.0 Å². The maximum Gasteiger partial charge on any atom is 0.451 e. The molecule has 1 amide bonds. The van der Waals surface area contributed by atoms with Crippen molar-refractivity contribution in [1.82, 2.24) is 14.9 Å². The average molecular weight is 430 g/mol. The number of aromatic nitrogens is 2. The molecule has 0 N–H and O–H groups in total. The number of benzene rings is 2. The standard InChI is InChI=1S/C22H21F3N4O2/c1-31-16-9-7-15(8-10-16)20(30)29-12-4-11-28(13-14-29)19-17-5-2-3-6-18(17)26-21(27-19)22(23,24)25/h2-3,5-10H,4,11-14H2,1H3. The van der Waals surface area contributed by atoms with Crippen LogP contribution in [0.2, 0.25) is 0 Å². The predicted octanol–water partition coefficient (Wildman–Crippen LogP) is 4.01. The molecule has 0 radical (unpaired) electrons. The number of fused-ring (bicyclic) bond motifs is 1. The Morgan fingerprint density at radius 1 is 0.968 bits per heavy atom. The van der Waals surface area contributed by atoms with Crippen LogP contribution < -0.4 is 9.64 Å². The van der Waals surface area contributed by atoms with E-state index in [1.165, 1.54) is 0 Å². The first-order valence-corrected chi connectivity index (χ1v) is 9.89. The van der Waals surface area contributed by atoms with E-state index in [4.69, 9.17) is 4.74 Å². The van der Waals surface area contributed by atoms with Gasteiger partial charge in [0, 0.05) is 37.1 Å². The van der Waals surface area contributed by atoms with Crippen LogP contribution in [0.5, 0.6) is 5.75 Å². The zero-order valence-corrected chi connectivity index (χ0v) is 16.9. The molecule has 3 aromatic rings. The van der Waals surface area contributed by atoms with Gasteiger partial charge >= 0.3 is 6.18 Å². The summed E-state index contributed by atoms with van der Waals surface area (Å²) in [6, 6.07) is 13.5. The highest BCUT2D eigenvalue weighted by molar-refractivity contribution is 5.94. The summed E-state index contributed by atoms with van der Waals surface area (Å²) in [7, 11) is 1.56. The second-order valence-corrected chi connectivity index (χ2v) is 7.25. The first-order valence-electron chi connectivity index (χ1n) is 9.89. The van der Waals surface area contributed by atoms with Gasteiger partial charge in [-0.25, -0.2) is 9.97 Å². The van der Waals surface area contributed by atoms with Gasteiger partial charge in [0.25, 0.3) is 5.91 Å². The minimum absolute atomic E-state index is 0.118. The lowest BCUT2D eigenvalue weighted by Gasteiger charge is -2.24. The zero-order chi connectivity index (χ0) is 22.0. The fraction of sp³-hybridized carbons (Fsp3) is 0.318. The Morgan fingerprint density at radius 2 is 1.71 bits per heavy atom. The zero-order valence-electron chi connectivity index (χ0n) is 16.9. The number of halogens is 3. The van der Waals surface area contributed by atoms with Crippen LogP contribution in [0.4, 0.5) is 19.0 Å². The molecule has 31 heavy (non-hydrogen) atoms. The van der Waals surface area contributed by atoms with Crippen molar-refractivity contribution in [3.8, 4) is 5.75 Å². The van der Waals surface area contributed by atoms with E-state index in [2.05, 4.69) is 9.97 Å². The van der Waals surface area contributed by atoms with Gasteiger partial charge in [-0.15, -0.1) is 0 Å². The molecule has 1 aliphatic rings. The lowest BCUT2D eigenvalue weighted by Crippen LogP contribution is -2.35. The number of rotatable bonds is 3. The number of amides is 1. The highest BCUT2D eigenvalue weighted by atomic mass is 19.4. The highest BCUT2D eigenvalue weighted by Gasteiger charge is 2.36. The molecule has 0 aliphatic carbocycles. The van der Waals surface area contributed by atoms with Gasteiger partial charge in [-0.1, -0.05) is 12.1 Å². The number of methoxy groups -OCH3 is 1. The smallest absolute Gasteiger partial charge is 0.451 e. The molecule has 1 fully saturated rings. The van der Waals surface area contributed by atoms with E-state index >= 15 is 0 Å². The van der Waals surface area contributed by atoms with Crippen LogP contribution in [0.3, 0.4) is 0 Å². The van der Waals surface area contributed by atoms with Crippen molar-refractivity contribution >= 4 is 22.6 Å². The van der Waals surface area contributed by atoms with Crippen molar-refractivity contribution in [2.75, 3.05) is 38.2 Å². The van der Waals surface area contributed by atoms with Crippen molar-refractivity contribution in [2.24, 2.45) is 0 Å². The van der Waals surface area contributed by atoms with Crippen LogP contribution in [0, 0.1) is 0 Å².